The van der Waals surface area contributed by atoms with E-state index in [0.717, 1.165) is 35.9 Å². The number of halogens is 2. The molecule has 1 saturated carbocycles. The van der Waals surface area contributed by atoms with Gasteiger partial charge in [0, 0.05) is 18.5 Å². The molecule has 1 fully saturated rings. The summed E-state index contributed by atoms with van der Waals surface area (Å²) in [5.74, 6) is -0.882. The molecule has 0 spiro atoms. The summed E-state index contributed by atoms with van der Waals surface area (Å²) < 4.78 is 19.2. The Morgan fingerprint density at radius 1 is 1.18 bits per heavy atom. The number of benzene rings is 1. The molecule has 3 heterocycles. The van der Waals surface area contributed by atoms with Crippen molar-refractivity contribution in [2.45, 2.75) is 39.5 Å². The molecule has 33 heavy (non-hydrogen) atoms. The van der Waals surface area contributed by atoms with Crippen LogP contribution in [0.3, 0.4) is 0 Å². The van der Waals surface area contributed by atoms with Crippen molar-refractivity contribution in [2.75, 3.05) is 4.90 Å². The SMILES string of the molecule is CC(=O)c1sc(N(C(=O)c2cc(C3CC3)nc3onc(C)c23)c2ccc(F)cc2Cl)nc1C. The number of Topliss-reactive ketones (excluding diaryl/α,β-unsaturated/α-hetero) is 1. The van der Waals surface area contributed by atoms with Crippen LogP contribution >= 0.6 is 22.9 Å². The molecule has 0 bridgehead atoms. The summed E-state index contributed by atoms with van der Waals surface area (Å²) >= 11 is 7.45. The van der Waals surface area contributed by atoms with Crippen molar-refractivity contribution in [1.29, 1.82) is 0 Å². The monoisotopic (exact) mass is 484 g/mol. The van der Waals surface area contributed by atoms with E-state index in [2.05, 4.69) is 15.1 Å². The minimum Gasteiger partial charge on any atom is -0.336 e. The molecule has 4 aromatic rings. The molecule has 0 unspecified atom stereocenters. The number of pyridine rings is 1. The minimum atomic E-state index is -0.534. The van der Waals surface area contributed by atoms with Crippen molar-refractivity contribution in [1.82, 2.24) is 15.1 Å². The Balaban J connectivity index is 1.74. The van der Waals surface area contributed by atoms with Gasteiger partial charge in [-0.1, -0.05) is 28.1 Å². The highest BCUT2D eigenvalue weighted by Crippen LogP contribution is 2.42. The first-order valence-electron chi connectivity index (χ1n) is 10.3. The first-order chi connectivity index (χ1) is 15.7. The number of hydrogen-bond donors (Lipinski definition) is 0. The van der Waals surface area contributed by atoms with Gasteiger partial charge in [0.15, 0.2) is 10.9 Å². The van der Waals surface area contributed by atoms with Gasteiger partial charge in [0.25, 0.3) is 11.6 Å². The van der Waals surface area contributed by atoms with Gasteiger partial charge in [-0.25, -0.2) is 14.4 Å². The number of amides is 1. The average Bonchev–Trinajstić information content (AvgIpc) is 3.45. The summed E-state index contributed by atoms with van der Waals surface area (Å²) in [6.45, 7) is 4.87. The predicted octanol–water partition coefficient (Wildman–Crippen LogP) is 6.15. The smallest absolute Gasteiger partial charge is 0.265 e. The van der Waals surface area contributed by atoms with Crippen LogP contribution in [0.4, 0.5) is 15.2 Å². The Kier molecular flexibility index (Phi) is 5.25. The van der Waals surface area contributed by atoms with Gasteiger partial charge < -0.3 is 4.52 Å². The van der Waals surface area contributed by atoms with Crippen LogP contribution in [-0.2, 0) is 0 Å². The fourth-order valence-corrected chi connectivity index (χ4v) is 4.98. The zero-order chi connectivity index (χ0) is 23.4. The molecule has 1 aromatic carbocycles. The minimum absolute atomic E-state index is 0.0373. The maximum atomic E-state index is 14.1. The van der Waals surface area contributed by atoms with E-state index in [0.29, 0.717) is 27.2 Å². The predicted molar refractivity (Wildman–Crippen MR) is 123 cm³/mol. The van der Waals surface area contributed by atoms with Crippen molar-refractivity contribution >= 4 is 56.5 Å². The van der Waals surface area contributed by atoms with E-state index in [9.17, 15) is 14.0 Å². The Bertz CT molecular complexity index is 1440. The summed E-state index contributed by atoms with van der Waals surface area (Å²) in [6.07, 6.45) is 1.97. The van der Waals surface area contributed by atoms with Gasteiger partial charge in [0.2, 0.25) is 0 Å². The van der Waals surface area contributed by atoms with Crippen LogP contribution in [0.15, 0.2) is 28.8 Å². The molecular formula is C23H18ClFN4O3S. The largest absolute Gasteiger partial charge is 0.336 e. The number of thiazole rings is 1. The lowest BCUT2D eigenvalue weighted by Gasteiger charge is -2.22. The second kappa shape index (κ2) is 8.00. The maximum absolute atomic E-state index is 14.1. The average molecular weight is 485 g/mol. The summed E-state index contributed by atoms with van der Waals surface area (Å²) in [4.78, 5) is 36.9. The zero-order valence-corrected chi connectivity index (χ0v) is 19.6. The number of fused-ring (bicyclic) bond motifs is 1. The fraction of sp³-hybridized carbons (Fsp3) is 0.261. The lowest BCUT2D eigenvalue weighted by atomic mass is 10.1. The molecule has 7 nitrogen and oxygen atoms in total. The van der Waals surface area contributed by atoms with E-state index in [1.165, 1.54) is 24.0 Å². The molecule has 0 saturated heterocycles. The van der Waals surface area contributed by atoms with Crippen LogP contribution in [0, 0.1) is 19.7 Å². The summed E-state index contributed by atoms with van der Waals surface area (Å²) in [5, 5.41) is 4.78. The molecular weight excluding hydrogens is 467 g/mol. The van der Waals surface area contributed by atoms with Gasteiger partial charge in [0.05, 0.1) is 37.9 Å². The standard InChI is InChI=1S/C23H18ClFN4O3S/c1-10-19-15(9-17(13-4-5-13)27-21(19)32-28-10)22(31)29(18-7-6-14(25)8-16(18)24)23-26-11(2)20(33-23)12(3)30/h6-9,13H,4-5H2,1-3H3. The highest BCUT2D eigenvalue weighted by atomic mass is 35.5. The van der Waals surface area contributed by atoms with Gasteiger partial charge in [-0.2, -0.15) is 0 Å². The number of carbonyl (C=O) groups excluding carboxylic acids is 2. The van der Waals surface area contributed by atoms with Gasteiger partial charge in [-0.05, 0) is 51.0 Å². The number of nitrogens with zero attached hydrogens (tertiary/aromatic N) is 4. The lowest BCUT2D eigenvalue weighted by molar-refractivity contribution is 0.0997. The van der Waals surface area contributed by atoms with Crippen molar-refractivity contribution in [3.63, 3.8) is 0 Å². The van der Waals surface area contributed by atoms with E-state index in [1.54, 1.807) is 19.9 Å². The van der Waals surface area contributed by atoms with Crippen molar-refractivity contribution in [2.24, 2.45) is 0 Å². The fourth-order valence-electron chi connectivity index (χ4n) is 3.76. The third-order valence-electron chi connectivity index (χ3n) is 5.51. The van der Waals surface area contributed by atoms with E-state index < -0.39 is 11.7 Å². The molecule has 0 radical (unpaired) electrons. The Labute approximate surface area is 197 Å². The second-order valence-corrected chi connectivity index (χ2v) is 9.41. The van der Waals surface area contributed by atoms with Crippen LogP contribution in [0.5, 0.6) is 0 Å². The molecule has 168 valence electrons. The highest BCUT2D eigenvalue weighted by Gasteiger charge is 2.32. The molecule has 0 atom stereocenters. The summed E-state index contributed by atoms with van der Waals surface area (Å²) in [5.41, 5.74) is 2.64. The number of hydrogen-bond acceptors (Lipinski definition) is 7. The Hall–Kier alpha value is -3.17. The molecule has 0 aliphatic heterocycles. The number of ketones is 1. The molecule has 5 rings (SSSR count). The number of aryl methyl sites for hydroxylation is 2. The van der Waals surface area contributed by atoms with E-state index in [1.807, 2.05) is 0 Å². The van der Waals surface area contributed by atoms with Gasteiger partial charge in [-0.3, -0.25) is 14.5 Å². The van der Waals surface area contributed by atoms with Crippen LogP contribution in [0.2, 0.25) is 5.02 Å². The molecule has 3 aromatic heterocycles. The number of rotatable bonds is 5. The van der Waals surface area contributed by atoms with Crippen molar-refractivity contribution in [3.8, 4) is 0 Å². The number of carbonyl (C=O) groups is 2. The maximum Gasteiger partial charge on any atom is 0.265 e. The third kappa shape index (κ3) is 3.81. The lowest BCUT2D eigenvalue weighted by Crippen LogP contribution is -2.27. The molecule has 1 aliphatic carbocycles. The molecule has 0 N–H and O–H groups in total. The van der Waals surface area contributed by atoms with E-state index in [-0.39, 0.29) is 33.3 Å². The molecule has 1 amide bonds. The summed E-state index contributed by atoms with van der Waals surface area (Å²) in [6, 6.07) is 5.52. The Morgan fingerprint density at radius 3 is 2.58 bits per heavy atom. The first kappa shape index (κ1) is 21.7. The van der Waals surface area contributed by atoms with Gasteiger partial charge in [0.1, 0.15) is 5.82 Å². The van der Waals surface area contributed by atoms with Crippen LogP contribution < -0.4 is 4.90 Å². The highest BCUT2D eigenvalue weighted by molar-refractivity contribution is 7.18. The van der Waals surface area contributed by atoms with Crippen LogP contribution in [-0.4, -0.2) is 26.8 Å². The quantitative estimate of drug-likeness (QED) is 0.316. The van der Waals surface area contributed by atoms with Crippen LogP contribution in [0.25, 0.3) is 11.1 Å². The zero-order valence-electron chi connectivity index (χ0n) is 18.0. The summed E-state index contributed by atoms with van der Waals surface area (Å²) in [7, 11) is 0. The topological polar surface area (TPSA) is 89.2 Å². The van der Waals surface area contributed by atoms with Crippen molar-refractivity contribution in [3.05, 3.63) is 62.6 Å². The molecule has 1 aliphatic rings. The van der Waals surface area contributed by atoms with Gasteiger partial charge in [-0.15, -0.1) is 0 Å². The molecule has 10 heteroatoms. The van der Waals surface area contributed by atoms with E-state index >= 15 is 0 Å². The number of anilines is 2. The third-order valence-corrected chi connectivity index (χ3v) is 7.06. The first-order valence-corrected chi connectivity index (χ1v) is 11.5. The van der Waals surface area contributed by atoms with E-state index in [4.69, 9.17) is 16.1 Å². The normalized spacial score (nSPS) is 13.5. The number of aromatic nitrogens is 3. The Morgan fingerprint density at radius 2 is 1.94 bits per heavy atom. The van der Waals surface area contributed by atoms with Gasteiger partial charge >= 0.3 is 0 Å². The van der Waals surface area contributed by atoms with Crippen molar-refractivity contribution < 1.29 is 18.5 Å². The van der Waals surface area contributed by atoms with Crippen LogP contribution in [0.1, 0.15) is 62.8 Å². The second-order valence-electron chi connectivity index (χ2n) is 8.02.